The lowest BCUT2D eigenvalue weighted by Crippen LogP contribution is -2.28. The molecule has 0 heterocycles. The van der Waals surface area contributed by atoms with Crippen molar-refractivity contribution in [2.24, 2.45) is 5.92 Å². The van der Waals surface area contributed by atoms with E-state index >= 15 is 0 Å². The Morgan fingerprint density at radius 1 is 1.43 bits per heavy atom. The highest BCUT2D eigenvalue weighted by Crippen LogP contribution is 2.27. The van der Waals surface area contributed by atoms with Crippen molar-refractivity contribution >= 4 is 5.97 Å². The third-order valence-corrected chi connectivity index (χ3v) is 2.67. The van der Waals surface area contributed by atoms with Gasteiger partial charge >= 0.3 is 5.97 Å². The number of rotatable bonds is 7. The minimum atomic E-state index is 0.00791. The molecule has 0 aromatic heterocycles. The first kappa shape index (κ1) is 11.5. The molecule has 0 spiro atoms. The Labute approximate surface area is 86.2 Å². The number of carbonyl (C=O) groups excluding carboxylic acids is 1. The molecule has 0 atom stereocenters. The van der Waals surface area contributed by atoms with Gasteiger partial charge in [-0.2, -0.15) is 0 Å². The molecule has 0 aromatic rings. The molecule has 0 saturated heterocycles. The van der Waals surface area contributed by atoms with E-state index < -0.39 is 0 Å². The first-order valence-corrected chi connectivity index (χ1v) is 5.72. The lowest BCUT2D eigenvalue weighted by atomic mass is 9.86. The first-order valence-electron chi connectivity index (χ1n) is 5.72. The van der Waals surface area contributed by atoms with Gasteiger partial charge in [0.25, 0.3) is 0 Å². The number of unbranched alkanes of at least 4 members (excludes halogenated alkanes) is 1. The summed E-state index contributed by atoms with van der Waals surface area (Å²) in [4.78, 5) is 11.3. The maximum absolute atomic E-state index is 11.3. The topological polar surface area (TPSA) is 38.3 Å². The number of ether oxygens (including phenoxy) is 1. The van der Waals surface area contributed by atoms with Crippen LogP contribution in [-0.2, 0) is 9.53 Å². The molecule has 3 heteroatoms. The van der Waals surface area contributed by atoms with Crippen LogP contribution in [0.4, 0.5) is 0 Å². The molecule has 1 saturated carbocycles. The number of carbonyl (C=O) groups is 1. The maximum Gasteiger partial charge on any atom is 0.308 e. The van der Waals surface area contributed by atoms with Gasteiger partial charge in [-0.15, -0.1) is 0 Å². The standard InChI is InChI=1S/C11H21NO2/c1-2-3-7-12-8-9-14-11(13)10-5-4-6-10/h10,12H,2-9H2,1H3. The number of hydrogen-bond acceptors (Lipinski definition) is 3. The molecule has 0 unspecified atom stereocenters. The Hall–Kier alpha value is -0.570. The fraction of sp³-hybridized carbons (Fsp3) is 0.909. The lowest BCUT2D eigenvalue weighted by Gasteiger charge is -2.23. The Bertz CT molecular complexity index is 167. The molecule has 1 aliphatic carbocycles. The highest BCUT2D eigenvalue weighted by Gasteiger charge is 2.26. The average molecular weight is 199 g/mol. The van der Waals surface area contributed by atoms with Crippen LogP contribution in [0, 0.1) is 5.92 Å². The second-order valence-corrected chi connectivity index (χ2v) is 3.90. The molecule has 0 amide bonds. The SMILES string of the molecule is CCCCNCCOC(=O)C1CCC1. The van der Waals surface area contributed by atoms with Crippen LogP contribution in [0.15, 0.2) is 0 Å². The third kappa shape index (κ3) is 4.09. The number of hydrogen-bond donors (Lipinski definition) is 1. The van der Waals surface area contributed by atoms with Gasteiger partial charge in [0.2, 0.25) is 0 Å². The van der Waals surface area contributed by atoms with Crippen LogP contribution in [0.1, 0.15) is 39.0 Å². The van der Waals surface area contributed by atoms with E-state index in [1.54, 1.807) is 0 Å². The molecular weight excluding hydrogens is 178 g/mol. The largest absolute Gasteiger partial charge is 0.464 e. The monoisotopic (exact) mass is 199 g/mol. The van der Waals surface area contributed by atoms with Crippen LogP contribution >= 0.6 is 0 Å². The van der Waals surface area contributed by atoms with E-state index in [0.29, 0.717) is 6.61 Å². The minimum Gasteiger partial charge on any atom is -0.464 e. The summed E-state index contributed by atoms with van der Waals surface area (Å²) in [6.07, 6.45) is 5.64. The summed E-state index contributed by atoms with van der Waals surface area (Å²) in [7, 11) is 0. The van der Waals surface area contributed by atoms with E-state index in [-0.39, 0.29) is 11.9 Å². The highest BCUT2D eigenvalue weighted by atomic mass is 16.5. The van der Waals surface area contributed by atoms with Crippen LogP contribution in [-0.4, -0.2) is 25.7 Å². The van der Waals surface area contributed by atoms with Crippen molar-refractivity contribution in [2.45, 2.75) is 39.0 Å². The van der Waals surface area contributed by atoms with Crippen molar-refractivity contribution in [3.8, 4) is 0 Å². The molecule has 0 aromatic carbocycles. The fourth-order valence-electron chi connectivity index (χ4n) is 1.41. The van der Waals surface area contributed by atoms with Crippen LogP contribution < -0.4 is 5.32 Å². The van der Waals surface area contributed by atoms with Crippen molar-refractivity contribution in [3.05, 3.63) is 0 Å². The first-order chi connectivity index (χ1) is 6.84. The van der Waals surface area contributed by atoms with Crippen molar-refractivity contribution in [3.63, 3.8) is 0 Å². The van der Waals surface area contributed by atoms with Crippen molar-refractivity contribution < 1.29 is 9.53 Å². The summed E-state index contributed by atoms with van der Waals surface area (Å²) in [6, 6.07) is 0. The molecule has 0 bridgehead atoms. The maximum atomic E-state index is 11.3. The van der Waals surface area contributed by atoms with Gasteiger partial charge in [-0.3, -0.25) is 4.79 Å². The highest BCUT2D eigenvalue weighted by molar-refractivity contribution is 5.73. The summed E-state index contributed by atoms with van der Waals surface area (Å²) in [5.74, 6) is 0.221. The molecule has 1 rings (SSSR count). The smallest absolute Gasteiger partial charge is 0.308 e. The predicted octanol–water partition coefficient (Wildman–Crippen LogP) is 1.72. The van der Waals surface area contributed by atoms with Crippen LogP contribution in [0.3, 0.4) is 0 Å². The van der Waals surface area contributed by atoms with E-state index in [2.05, 4.69) is 12.2 Å². The summed E-state index contributed by atoms with van der Waals surface area (Å²) in [5, 5.41) is 3.24. The van der Waals surface area contributed by atoms with Crippen molar-refractivity contribution in [1.82, 2.24) is 5.32 Å². The molecule has 1 fully saturated rings. The van der Waals surface area contributed by atoms with Gasteiger partial charge in [-0.25, -0.2) is 0 Å². The van der Waals surface area contributed by atoms with Crippen LogP contribution in [0.2, 0.25) is 0 Å². The predicted molar refractivity (Wildman–Crippen MR) is 56.1 cm³/mol. The van der Waals surface area contributed by atoms with E-state index in [1.165, 1.54) is 19.3 Å². The zero-order chi connectivity index (χ0) is 10.2. The molecule has 1 N–H and O–H groups in total. The van der Waals surface area contributed by atoms with Gasteiger partial charge in [-0.1, -0.05) is 19.8 Å². The zero-order valence-electron chi connectivity index (χ0n) is 9.05. The molecule has 0 aliphatic heterocycles. The molecule has 1 aliphatic rings. The number of esters is 1. The molecule has 0 radical (unpaired) electrons. The Morgan fingerprint density at radius 3 is 2.79 bits per heavy atom. The van der Waals surface area contributed by atoms with Crippen LogP contribution in [0.5, 0.6) is 0 Å². The van der Waals surface area contributed by atoms with Gasteiger partial charge in [0, 0.05) is 6.54 Å². The molecular formula is C11H21NO2. The summed E-state index contributed by atoms with van der Waals surface area (Å²) in [6.45, 7) is 4.51. The molecule has 14 heavy (non-hydrogen) atoms. The normalized spacial score (nSPS) is 16.4. The van der Waals surface area contributed by atoms with E-state index in [4.69, 9.17) is 4.74 Å². The third-order valence-electron chi connectivity index (χ3n) is 2.67. The van der Waals surface area contributed by atoms with Crippen LogP contribution in [0.25, 0.3) is 0 Å². The Kier molecular flexibility index (Phi) is 5.60. The summed E-state index contributed by atoms with van der Waals surface area (Å²) >= 11 is 0. The second-order valence-electron chi connectivity index (χ2n) is 3.90. The fourth-order valence-corrected chi connectivity index (χ4v) is 1.41. The van der Waals surface area contributed by atoms with E-state index in [9.17, 15) is 4.79 Å². The van der Waals surface area contributed by atoms with Gasteiger partial charge in [0.1, 0.15) is 6.61 Å². The molecule has 82 valence electrons. The molecule has 3 nitrogen and oxygen atoms in total. The second kappa shape index (κ2) is 6.82. The Balaban J connectivity index is 1.85. The van der Waals surface area contributed by atoms with Gasteiger partial charge in [0.15, 0.2) is 0 Å². The average Bonchev–Trinajstić information content (AvgIpc) is 2.08. The lowest BCUT2D eigenvalue weighted by molar-refractivity contribution is -0.151. The quantitative estimate of drug-likeness (QED) is 0.501. The number of nitrogens with one attached hydrogen (secondary N) is 1. The van der Waals surface area contributed by atoms with Gasteiger partial charge in [0.05, 0.1) is 5.92 Å². The zero-order valence-corrected chi connectivity index (χ0v) is 9.05. The summed E-state index contributed by atoms with van der Waals surface area (Å²) in [5.41, 5.74) is 0. The van der Waals surface area contributed by atoms with Crippen molar-refractivity contribution in [1.29, 1.82) is 0 Å². The van der Waals surface area contributed by atoms with Gasteiger partial charge < -0.3 is 10.1 Å². The Morgan fingerprint density at radius 2 is 2.21 bits per heavy atom. The van der Waals surface area contributed by atoms with Gasteiger partial charge in [-0.05, 0) is 25.8 Å². The van der Waals surface area contributed by atoms with E-state index in [0.717, 1.165) is 25.9 Å². The minimum absolute atomic E-state index is 0.00791. The summed E-state index contributed by atoms with van der Waals surface area (Å²) < 4.78 is 5.12. The van der Waals surface area contributed by atoms with E-state index in [1.807, 2.05) is 0 Å². The van der Waals surface area contributed by atoms with Crippen molar-refractivity contribution in [2.75, 3.05) is 19.7 Å².